The van der Waals surface area contributed by atoms with E-state index < -0.39 is 5.97 Å². The Balaban J connectivity index is 2.35. The Labute approximate surface area is 94.6 Å². The number of oxime groups is 1. The van der Waals surface area contributed by atoms with E-state index in [4.69, 9.17) is 5.26 Å². The Hall–Kier alpha value is -1.63. The molecule has 2 aliphatic carbocycles. The predicted molar refractivity (Wildman–Crippen MR) is 58.3 cm³/mol. The molecule has 1 saturated carbocycles. The Kier molecular flexibility index (Phi) is 2.16. The Bertz CT molecular complexity index is 466. The lowest BCUT2D eigenvalue weighted by Gasteiger charge is -2.10. The molecule has 0 heterocycles. The lowest BCUT2D eigenvalue weighted by atomic mass is 9.95. The van der Waals surface area contributed by atoms with Crippen LogP contribution >= 0.6 is 0 Å². The van der Waals surface area contributed by atoms with E-state index in [1.165, 1.54) is 6.92 Å². The first-order valence-corrected chi connectivity index (χ1v) is 5.28. The van der Waals surface area contributed by atoms with Gasteiger partial charge in [0.15, 0.2) is 0 Å². The van der Waals surface area contributed by atoms with Gasteiger partial charge in [-0.3, -0.25) is 0 Å². The number of nitrogens with zero attached hydrogens (tertiary/aromatic N) is 2. The normalized spacial score (nSPS) is 32.3. The van der Waals surface area contributed by atoms with Gasteiger partial charge in [0.25, 0.3) is 0 Å². The Morgan fingerprint density at radius 1 is 1.50 bits per heavy atom. The molecule has 0 aliphatic heterocycles. The first-order chi connectivity index (χ1) is 7.41. The van der Waals surface area contributed by atoms with Crippen molar-refractivity contribution in [2.45, 2.75) is 27.7 Å². The summed E-state index contributed by atoms with van der Waals surface area (Å²) >= 11 is 0. The van der Waals surface area contributed by atoms with Crippen LogP contribution in [0.2, 0.25) is 0 Å². The molecule has 16 heavy (non-hydrogen) atoms. The molecule has 4 heteroatoms. The van der Waals surface area contributed by atoms with E-state index in [1.807, 2.05) is 6.92 Å². The molecule has 4 nitrogen and oxygen atoms in total. The maximum absolute atomic E-state index is 10.7. The number of hydrogen-bond donors (Lipinski definition) is 0. The summed E-state index contributed by atoms with van der Waals surface area (Å²) in [7, 11) is 0. The van der Waals surface area contributed by atoms with Gasteiger partial charge in [0.1, 0.15) is 0 Å². The average Bonchev–Trinajstić information content (AvgIpc) is 2.61. The molecule has 0 aromatic rings. The first kappa shape index (κ1) is 10.9. The number of rotatable bonds is 1. The molecule has 0 aromatic carbocycles. The standard InChI is InChI=1S/C12H14N2O2/c1-6-8(5-13)9-10(12(9,3)4)11(6)14-16-7(2)15/h9-10H,1-4H3/b14-11-. The third-order valence-corrected chi connectivity index (χ3v) is 3.61. The number of allylic oxidation sites excluding steroid dienone is 2. The van der Waals surface area contributed by atoms with Gasteiger partial charge in [-0.2, -0.15) is 5.26 Å². The van der Waals surface area contributed by atoms with Crippen molar-refractivity contribution in [3.63, 3.8) is 0 Å². The van der Waals surface area contributed by atoms with Crippen molar-refractivity contribution < 1.29 is 9.63 Å². The molecule has 0 N–H and O–H groups in total. The van der Waals surface area contributed by atoms with Gasteiger partial charge >= 0.3 is 5.97 Å². The van der Waals surface area contributed by atoms with Crippen molar-refractivity contribution in [2.75, 3.05) is 0 Å². The summed E-state index contributed by atoms with van der Waals surface area (Å²) in [5.74, 6) is 0.0639. The van der Waals surface area contributed by atoms with Crippen molar-refractivity contribution in [2.24, 2.45) is 22.4 Å². The fourth-order valence-corrected chi connectivity index (χ4v) is 2.68. The number of fused-ring (bicyclic) bond motifs is 1. The molecule has 0 spiro atoms. The number of nitriles is 1. The average molecular weight is 218 g/mol. The summed E-state index contributed by atoms with van der Waals surface area (Å²) in [6.07, 6.45) is 0. The molecule has 2 rings (SSSR count). The van der Waals surface area contributed by atoms with Crippen LogP contribution in [0.25, 0.3) is 0 Å². The van der Waals surface area contributed by atoms with Crippen LogP contribution in [0.15, 0.2) is 16.3 Å². The van der Waals surface area contributed by atoms with Crippen LogP contribution in [0, 0.1) is 28.6 Å². The summed E-state index contributed by atoms with van der Waals surface area (Å²) in [5.41, 5.74) is 2.50. The topological polar surface area (TPSA) is 62.4 Å². The number of carbonyl (C=O) groups is 1. The van der Waals surface area contributed by atoms with Crippen LogP contribution in [0.1, 0.15) is 27.7 Å². The van der Waals surface area contributed by atoms with Crippen LogP contribution < -0.4 is 0 Å². The monoisotopic (exact) mass is 218 g/mol. The van der Waals surface area contributed by atoms with Gasteiger partial charge in [-0.25, -0.2) is 4.79 Å². The lowest BCUT2D eigenvalue weighted by molar-refractivity contribution is -0.140. The van der Waals surface area contributed by atoms with Gasteiger partial charge in [0.05, 0.1) is 11.8 Å². The Morgan fingerprint density at radius 3 is 2.56 bits per heavy atom. The molecule has 0 radical (unpaired) electrons. The fraction of sp³-hybridized carbons (Fsp3) is 0.583. The summed E-state index contributed by atoms with van der Waals surface area (Å²) in [6.45, 7) is 7.40. The van der Waals surface area contributed by atoms with Crippen molar-refractivity contribution in [3.8, 4) is 6.07 Å². The molecule has 0 aromatic heterocycles. The van der Waals surface area contributed by atoms with E-state index in [0.717, 1.165) is 16.9 Å². The summed E-state index contributed by atoms with van der Waals surface area (Å²) in [5, 5.41) is 13.0. The molecule has 2 aliphatic rings. The van der Waals surface area contributed by atoms with Crippen molar-refractivity contribution in [1.82, 2.24) is 0 Å². The van der Waals surface area contributed by atoms with Gasteiger partial charge in [-0.1, -0.05) is 19.0 Å². The minimum atomic E-state index is -0.430. The van der Waals surface area contributed by atoms with Crippen LogP contribution in [0.5, 0.6) is 0 Å². The molecule has 84 valence electrons. The van der Waals surface area contributed by atoms with Gasteiger partial charge in [0, 0.05) is 24.3 Å². The van der Waals surface area contributed by atoms with E-state index in [9.17, 15) is 4.79 Å². The minimum Gasteiger partial charge on any atom is -0.318 e. The second kappa shape index (κ2) is 3.18. The van der Waals surface area contributed by atoms with Gasteiger partial charge in [-0.05, 0) is 17.9 Å². The molecule has 2 unspecified atom stereocenters. The Morgan fingerprint density at radius 2 is 2.12 bits per heavy atom. The van der Waals surface area contributed by atoms with E-state index in [-0.39, 0.29) is 17.3 Å². The molecular formula is C12H14N2O2. The first-order valence-electron chi connectivity index (χ1n) is 5.28. The molecule has 0 amide bonds. The highest BCUT2D eigenvalue weighted by atomic mass is 16.7. The van der Waals surface area contributed by atoms with Crippen LogP contribution in [0.3, 0.4) is 0 Å². The number of hydrogen-bond acceptors (Lipinski definition) is 4. The van der Waals surface area contributed by atoms with Crippen molar-refractivity contribution in [1.29, 1.82) is 5.26 Å². The molecular weight excluding hydrogens is 204 g/mol. The maximum atomic E-state index is 10.7. The smallest absolute Gasteiger partial charge is 0.318 e. The lowest BCUT2D eigenvalue weighted by Crippen LogP contribution is -2.10. The van der Waals surface area contributed by atoms with Crippen molar-refractivity contribution in [3.05, 3.63) is 11.1 Å². The quantitative estimate of drug-likeness (QED) is 0.499. The maximum Gasteiger partial charge on any atom is 0.331 e. The minimum absolute atomic E-state index is 0.0730. The summed E-state index contributed by atoms with van der Waals surface area (Å²) in [4.78, 5) is 15.4. The largest absolute Gasteiger partial charge is 0.331 e. The molecule has 0 saturated heterocycles. The SMILES string of the molecule is CC(=O)O/N=C1/C(C)=C(C#N)C2C1C2(C)C. The zero-order valence-electron chi connectivity index (χ0n) is 9.87. The van der Waals surface area contributed by atoms with Gasteiger partial charge in [-0.15, -0.1) is 0 Å². The molecule has 2 atom stereocenters. The van der Waals surface area contributed by atoms with E-state index in [1.54, 1.807) is 0 Å². The third-order valence-electron chi connectivity index (χ3n) is 3.61. The van der Waals surface area contributed by atoms with Crippen LogP contribution in [-0.2, 0) is 9.63 Å². The van der Waals surface area contributed by atoms with Gasteiger partial charge < -0.3 is 4.84 Å². The van der Waals surface area contributed by atoms with E-state index in [0.29, 0.717) is 0 Å². The second-order valence-electron chi connectivity index (χ2n) is 4.99. The summed E-state index contributed by atoms with van der Waals surface area (Å²) in [6, 6.07) is 2.24. The van der Waals surface area contributed by atoms with Gasteiger partial charge in [0.2, 0.25) is 0 Å². The van der Waals surface area contributed by atoms with E-state index >= 15 is 0 Å². The van der Waals surface area contributed by atoms with E-state index in [2.05, 4.69) is 29.9 Å². The van der Waals surface area contributed by atoms with Crippen molar-refractivity contribution >= 4 is 11.7 Å². The molecule has 0 bridgehead atoms. The second-order valence-corrected chi connectivity index (χ2v) is 4.99. The molecule has 1 fully saturated rings. The highest BCUT2D eigenvalue weighted by molar-refractivity contribution is 6.09. The number of carbonyl (C=O) groups excluding carboxylic acids is 1. The van der Waals surface area contributed by atoms with Crippen LogP contribution in [-0.4, -0.2) is 11.7 Å². The highest BCUT2D eigenvalue weighted by Gasteiger charge is 2.66. The fourth-order valence-electron chi connectivity index (χ4n) is 2.68. The zero-order valence-corrected chi connectivity index (χ0v) is 9.87. The zero-order chi connectivity index (χ0) is 12.1. The predicted octanol–water partition coefficient (Wildman–Crippen LogP) is 2.03. The van der Waals surface area contributed by atoms with Crippen LogP contribution in [0.4, 0.5) is 0 Å². The summed E-state index contributed by atoms with van der Waals surface area (Å²) < 4.78 is 0. The highest BCUT2D eigenvalue weighted by Crippen LogP contribution is 2.67. The third kappa shape index (κ3) is 1.28.